The predicted octanol–water partition coefficient (Wildman–Crippen LogP) is 5.60. The number of ether oxygens (including phenoxy) is 1. The summed E-state index contributed by atoms with van der Waals surface area (Å²) in [6, 6.07) is 5.96. The number of esters is 1. The van der Waals surface area contributed by atoms with E-state index in [-0.39, 0.29) is 24.3 Å². The van der Waals surface area contributed by atoms with Crippen LogP contribution in [-0.2, 0) is 28.9 Å². The Morgan fingerprint density at radius 1 is 0.875 bits per heavy atom. The number of carbonyl (C=O) groups excluding carboxylic acids is 1. The van der Waals surface area contributed by atoms with E-state index < -0.39 is 6.10 Å². The quantitative estimate of drug-likeness (QED) is 0.159. The van der Waals surface area contributed by atoms with Crippen molar-refractivity contribution in [2.24, 2.45) is 0 Å². The third-order valence-electron chi connectivity index (χ3n) is 8.20. The minimum absolute atomic E-state index is 0.0804. The van der Waals surface area contributed by atoms with Gasteiger partial charge in [0, 0.05) is 56.5 Å². The summed E-state index contributed by atoms with van der Waals surface area (Å²) in [7, 11) is 0. The van der Waals surface area contributed by atoms with Crippen LogP contribution in [0.15, 0.2) is 36.5 Å². The average Bonchev–Trinajstić information content (AvgIpc) is 3.22. The van der Waals surface area contributed by atoms with Gasteiger partial charge in [0.25, 0.3) is 0 Å². The number of rotatable bonds is 16. The van der Waals surface area contributed by atoms with Gasteiger partial charge in [0.15, 0.2) is 11.8 Å². The third kappa shape index (κ3) is 8.50. The Morgan fingerprint density at radius 2 is 1.50 bits per heavy atom. The summed E-state index contributed by atoms with van der Waals surface area (Å²) in [5, 5.41) is 21.8. The molecule has 220 valence electrons. The molecule has 0 bridgehead atoms. The number of nitrogens with zero attached hydrogens (tertiary/aromatic N) is 4. The number of hydrogen-bond donors (Lipinski definition) is 2. The summed E-state index contributed by atoms with van der Waals surface area (Å²) in [5.41, 5.74) is 1.53. The molecular weight excluding hydrogens is 504 g/mol. The summed E-state index contributed by atoms with van der Waals surface area (Å²) < 4.78 is 7.54. The van der Waals surface area contributed by atoms with Crippen molar-refractivity contribution in [2.75, 3.05) is 37.6 Å². The fraction of sp³-hybridized carbons (Fsp3) is 0.625. The molecule has 2 aromatic heterocycles. The molecule has 40 heavy (non-hydrogen) atoms. The number of allylic oxidation sites excluding steroid dienone is 2. The summed E-state index contributed by atoms with van der Waals surface area (Å²) in [6.45, 7) is 6.36. The second-order valence-electron chi connectivity index (χ2n) is 11.3. The molecule has 2 aliphatic rings. The molecule has 1 saturated heterocycles. The van der Waals surface area contributed by atoms with E-state index in [1.165, 1.54) is 43.1 Å². The third-order valence-corrected chi connectivity index (χ3v) is 8.20. The van der Waals surface area contributed by atoms with Crippen LogP contribution in [0.2, 0.25) is 0 Å². The lowest BCUT2D eigenvalue weighted by Crippen LogP contribution is -2.49. The lowest BCUT2D eigenvalue weighted by atomic mass is 10.0. The van der Waals surface area contributed by atoms with E-state index in [1.807, 2.05) is 36.5 Å². The van der Waals surface area contributed by atoms with E-state index in [2.05, 4.69) is 21.7 Å². The summed E-state index contributed by atoms with van der Waals surface area (Å²) in [6.07, 6.45) is 17.8. The van der Waals surface area contributed by atoms with Crippen molar-refractivity contribution < 1.29 is 19.7 Å². The summed E-state index contributed by atoms with van der Waals surface area (Å²) >= 11 is 0. The second-order valence-corrected chi connectivity index (χ2v) is 11.3. The van der Waals surface area contributed by atoms with Crippen LogP contribution in [0.4, 0.5) is 5.82 Å². The Labute approximate surface area is 239 Å². The van der Waals surface area contributed by atoms with Crippen molar-refractivity contribution in [3.63, 3.8) is 0 Å². The topological polar surface area (TPSA) is 91.1 Å². The van der Waals surface area contributed by atoms with Gasteiger partial charge in [-0.2, -0.15) is 0 Å². The van der Waals surface area contributed by atoms with Gasteiger partial charge < -0.3 is 19.8 Å². The Balaban J connectivity index is 1.30. The number of piperazine rings is 1. The highest BCUT2D eigenvalue weighted by atomic mass is 16.5. The van der Waals surface area contributed by atoms with E-state index in [4.69, 9.17) is 4.74 Å². The molecule has 3 heterocycles. The molecule has 0 radical (unpaired) electrons. The molecule has 8 heteroatoms. The molecule has 0 aromatic carbocycles. The maximum atomic E-state index is 12.9. The SMILES string of the molecule is CCCCCCCCCCCC(=O)OC(CN1CCN(c2ccccn2)CC1)Cn1c(O)c2c(c1O)CC=CC2. The van der Waals surface area contributed by atoms with Gasteiger partial charge in [-0.15, -0.1) is 0 Å². The van der Waals surface area contributed by atoms with E-state index >= 15 is 0 Å². The Bertz CT molecular complexity index is 1040. The van der Waals surface area contributed by atoms with Gasteiger partial charge in [-0.05, 0) is 31.4 Å². The first-order valence-corrected chi connectivity index (χ1v) is 15.4. The fourth-order valence-electron chi connectivity index (χ4n) is 5.85. The number of pyridine rings is 1. The van der Waals surface area contributed by atoms with Gasteiger partial charge >= 0.3 is 5.97 Å². The Hall–Kier alpha value is -3.00. The highest BCUT2D eigenvalue weighted by Crippen LogP contribution is 2.37. The molecule has 1 aliphatic heterocycles. The van der Waals surface area contributed by atoms with Crippen molar-refractivity contribution in [3.05, 3.63) is 47.7 Å². The summed E-state index contributed by atoms with van der Waals surface area (Å²) in [4.78, 5) is 21.9. The molecule has 0 saturated carbocycles. The molecule has 8 nitrogen and oxygen atoms in total. The number of aromatic hydroxyl groups is 2. The number of hydrogen-bond acceptors (Lipinski definition) is 7. The first-order chi connectivity index (χ1) is 19.6. The zero-order valence-electron chi connectivity index (χ0n) is 24.3. The summed E-state index contributed by atoms with van der Waals surface area (Å²) in [5.74, 6) is 0.943. The number of aromatic nitrogens is 2. The molecule has 0 amide bonds. The van der Waals surface area contributed by atoms with Gasteiger partial charge in [0.2, 0.25) is 0 Å². The highest BCUT2D eigenvalue weighted by molar-refractivity contribution is 5.69. The molecule has 4 rings (SSSR count). The number of carbonyl (C=O) groups is 1. The van der Waals surface area contributed by atoms with Crippen LogP contribution < -0.4 is 4.90 Å². The number of unbranched alkanes of at least 4 members (excludes halogenated alkanes) is 8. The first-order valence-electron chi connectivity index (χ1n) is 15.4. The van der Waals surface area contributed by atoms with Crippen molar-refractivity contribution in [1.82, 2.24) is 14.5 Å². The van der Waals surface area contributed by atoms with Crippen LogP contribution in [0.25, 0.3) is 0 Å². The maximum absolute atomic E-state index is 12.9. The molecule has 2 N–H and O–H groups in total. The Morgan fingerprint density at radius 3 is 2.10 bits per heavy atom. The number of anilines is 1. The van der Waals surface area contributed by atoms with Crippen molar-refractivity contribution >= 4 is 11.8 Å². The Kier molecular flexibility index (Phi) is 11.8. The minimum atomic E-state index is -0.467. The van der Waals surface area contributed by atoms with Gasteiger partial charge in [-0.25, -0.2) is 4.98 Å². The maximum Gasteiger partial charge on any atom is 0.306 e. The monoisotopic (exact) mass is 552 g/mol. The standard InChI is InChI=1S/C32H48N4O4/c1-2-3-4-5-6-7-8-9-10-18-30(37)40-26(25-36-31(38)27-15-11-12-16-28(27)32(36)39)24-34-20-22-35(23-21-34)29-17-13-14-19-33-29/h11-14,17,19,26,38-39H,2-10,15-16,18,20-25H2,1H3. The van der Waals surface area contributed by atoms with Gasteiger partial charge in [0.1, 0.15) is 11.9 Å². The molecule has 2 aromatic rings. The van der Waals surface area contributed by atoms with Crippen molar-refractivity contribution in [3.8, 4) is 11.8 Å². The second kappa shape index (κ2) is 15.7. The average molecular weight is 553 g/mol. The zero-order chi connectivity index (χ0) is 28.2. The van der Waals surface area contributed by atoms with E-state index in [0.717, 1.165) is 62.4 Å². The fourth-order valence-corrected chi connectivity index (χ4v) is 5.85. The predicted molar refractivity (Wildman–Crippen MR) is 159 cm³/mol. The molecule has 1 atom stereocenters. The van der Waals surface area contributed by atoms with Crippen molar-refractivity contribution in [2.45, 2.75) is 96.6 Å². The van der Waals surface area contributed by atoms with E-state index in [9.17, 15) is 15.0 Å². The molecule has 0 spiro atoms. The molecule has 1 aliphatic carbocycles. The van der Waals surface area contributed by atoms with Gasteiger partial charge in [-0.1, -0.05) is 76.5 Å². The van der Waals surface area contributed by atoms with E-state index in [0.29, 0.717) is 25.8 Å². The minimum Gasteiger partial charge on any atom is -0.494 e. The number of fused-ring (bicyclic) bond motifs is 1. The lowest BCUT2D eigenvalue weighted by Gasteiger charge is -2.37. The van der Waals surface area contributed by atoms with Crippen LogP contribution in [0.3, 0.4) is 0 Å². The first kappa shape index (κ1) is 30.0. The molecular formula is C32H48N4O4. The normalized spacial score (nSPS) is 16.2. The van der Waals surface area contributed by atoms with Crippen LogP contribution in [0, 0.1) is 0 Å². The van der Waals surface area contributed by atoms with Crippen LogP contribution in [-0.4, -0.2) is 69.5 Å². The van der Waals surface area contributed by atoms with Crippen LogP contribution >= 0.6 is 0 Å². The van der Waals surface area contributed by atoms with Gasteiger partial charge in [-0.3, -0.25) is 14.3 Å². The van der Waals surface area contributed by atoms with Crippen LogP contribution in [0.1, 0.15) is 82.3 Å². The smallest absolute Gasteiger partial charge is 0.306 e. The van der Waals surface area contributed by atoms with Gasteiger partial charge in [0.05, 0.1) is 6.54 Å². The highest BCUT2D eigenvalue weighted by Gasteiger charge is 2.28. The van der Waals surface area contributed by atoms with Crippen molar-refractivity contribution in [1.29, 1.82) is 0 Å². The van der Waals surface area contributed by atoms with E-state index in [1.54, 1.807) is 0 Å². The lowest BCUT2D eigenvalue weighted by molar-refractivity contribution is -0.151. The zero-order valence-corrected chi connectivity index (χ0v) is 24.3. The molecule has 1 unspecified atom stereocenters. The molecule has 1 fully saturated rings. The largest absolute Gasteiger partial charge is 0.494 e. The van der Waals surface area contributed by atoms with Crippen LogP contribution in [0.5, 0.6) is 11.8 Å².